The zero-order valence-corrected chi connectivity index (χ0v) is 17.7. The second-order valence-corrected chi connectivity index (χ2v) is 8.68. The zero-order chi connectivity index (χ0) is 21.1. The summed E-state index contributed by atoms with van der Waals surface area (Å²) < 4.78 is 0. The van der Waals surface area contributed by atoms with Gasteiger partial charge in [-0.25, -0.2) is 9.78 Å². The molecule has 2 aliphatic carbocycles. The van der Waals surface area contributed by atoms with Crippen LogP contribution in [-0.2, 0) is 6.42 Å². The predicted octanol–water partition coefficient (Wildman–Crippen LogP) is 3.52. The molecule has 2 aliphatic rings. The van der Waals surface area contributed by atoms with Crippen molar-refractivity contribution in [3.8, 4) is 0 Å². The van der Waals surface area contributed by atoms with E-state index in [0.717, 1.165) is 49.3 Å². The van der Waals surface area contributed by atoms with Crippen molar-refractivity contribution >= 4 is 5.82 Å². The molecule has 0 aliphatic heterocycles. The fourth-order valence-electron chi connectivity index (χ4n) is 4.83. The molecule has 4 rings (SSSR count). The predicted molar refractivity (Wildman–Crippen MR) is 120 cm³/mol. The summed E-state index contributed by atoms with van der Waals surface area (Å²) in [4.78, 5) is 36.7. The lowest BCUT2D eigenvalue weighted by Gasteiger charge is -2.33. The second-order valence-electron chi connectivity index (χ2n) is 8.68. The van der Waals surface area contributed by atoms with Crippen LogP contribution in [0.25, 0.3) is 0 Å². The lowest BCUT2D eigenvalue weighted by Crippen LogP contribution is -2.31. The van der Waals surface area contributed by atoms with Crippen molar-refractivity contribution in [3.63, 3.8) is 0 Å². The third-order valence-corrected chi connectivity index (χ3v) is 6.48. The second kappa shape index (κ2) is 8.86. The number of allylic oxidation sites excluding steroid dienone is 4. The van der Waals surface area contributed by atoms with Gasteiger partial charge in [-0.05, 0) is 62.0 Å². The van der Waals surface area contributed by atoms with Gasteiger partial charge in [0.15, 0.2) is 0 Å². The summed E-state index contributed by atoms with van der Waals surface area (Å²) in [6.45, 7) is 0. The molecule has 1 atom stereocenters. The minimum Gasteiger partial charge on any atom is -0.363 e. The summed E-state index contributed by atoms with van der Waals surface area (Å²) in [5.41, 5.74) is 1.55. The van der Waals surface area contributed by atoms with Gasteiger partial charge < -0.3 is 9.88 Å². The SMILES string of the molecule is CN(C)c1cccc(Cc2c(=O)[nH]c(=O)[nH]c2[C@H]2CC[C@H](C3C=CC=CC3)CC2)n1. The third-order valence-electron chi connectivity index (χ3n) is 6.48. The summed E-state index contributed by atoms with van der Waals surface area (Å²) in [5, 5.41) is 0. The number of nitrogens with one attached hydrogen (secondary N) is 2. The van der Waals surface area contributed by atoms with Gasteiger partial charge in [-0.15, -0.1) is 0 Å². The van der Waals surface area contributed by atoms with Gasteiger partial charge in [0, 0.05) is 37.5 Å². The maximum absolute atomic E-state index is 12.7. The van der Waals surface area contributed by atoms with Crippen LogP contribution in [0.1, 0.15) is 55.0 Å². The van der Waals surface area contributed by atoms with E-state index in [0.29, 0.717) is 23.8 Å². The number of pyridine rings is 1. The first-order chi connectivity index (χ1) is 14.5. The quantitative estimate of drug-likeness (QED) is 0.796. The van der Waals surface area contributed by atoms with Crippen LogP contribution in [0.3, 0.4) is 0 Å². The largest absolute Gasteiger partial charge is 0.363 e. The molecular formula is C24H30N4O2. The molecule has 0 spiro atoms. The van der Waals surface area contributed by atoms with Crippen LogP contribution < -0.4 is 16.1 Å². The maximum Gasteiger partial charge on any atom is 0.325 e. The van der Waals surface area contributed by atoms with E-state index in [-0.39, 0.29) is 11.5 Å². The average molecular weight is 407 g/mol. The van der Waals surface area contributed by atoms with Crippen molar-refractivity contribution in [1.29, 1.82) is 0 Å². The molecule has 158 valence electrons. The number of hydrogen-bond acceptors (Lipinski definition) is 4. The summed E-state index contributed by atoms with van der Waals surface area (Å²) in [7, 11) is 3.89. The minimum atomic E-state index is -0.420. The van der Waals surface area contributed by atoms with Crippen molar-refractivity contribution in [1.82, 2.24) is 15.0 Å². The van der Waals surface area contributed by atoms with Crippen LogP contribution in [-0.4, -0.2) is 29.0 Å². The van der Waals surface area contributed by atoms with Crippen LogP contribution >= 0.6 is 0 Å². The molecule has 1 unspecified atom stereocenters. The van der Waals surface area contributed by atoms with Crippen molar-refractivity contribution in [3.05, 3.63) is 80.3 Å². The summed E-state index contributed by atoms with van der Waals surface area (Å²) >= 11 is 0. The van der Waals surface area contributed by atoms with E-state index in [2.05, 4.69) is 39.3 Å². The topological polar surface area (TPSA) is 81.9 Å². The molecule has 2 aromatic heterocycles. The first-order valence-electron chi connectivity index (χ1n) is 10.8. The van der Waals surface area contributed by atoms with Crippen LogP contribution in [0.4, 0.5) is 5.82 Å². The first kappa shape index (κ1) is 20.4. The highest BCUT2D eigenvalue weighted by atomic mass is 16.2. The number of H-pyrrole nitrogens is 2. The molecule has 0 saturated heterocycles. The Morgan fingerprint density at radius 1 is 1.07 bits per heavy atom. The van der Waals surface area contributed by atoms with Crippen molar-refractivity contribution in [2.45, 2.75) is 44.4 Å². The number of anilines is 1. The molecule has 0 amide bonds. The molecule has 1 saturated carbocycles. The molecule has 0 radical (unpaired) electrons. The Bertz CT molecular complexity index is 1060. The highest BCUT2D eigenvalue weighted by molar-refractivity contribution is 5.38. The van der Waals surface area contributed by atoms with Crippen LogP contribution in [0.2, 0.25) is 0 Å². The summed E-state index contributed by atoms with van der Waals surface area (Å²) in [5.74, 6) is 2.36. The molecule has 30 heavy (non-hydrogen) atoms. The van der Waals surface area contributed by atoms with E-state index in [1.165, 1.54) is 0 Å². The fraction of sp³-hybridized carbons (Fsp3) is 0.458. The van der Waals surface area contributed by atoms with Gasteiger partial charge in [0.05, 0.1) is 0 Å². The van der Waals surface area contributed by atoms with Crippen LogP contribution in [0.5, 0.6) is 0 Å². The Labute approximate surface area is 176 Å². The number of aromatic amines is 2. The number of rotatable bonds is 5. The van der Waals surface area contributed by atoms with Crippen molar-refractivity contribution in [2.75, 3.05) is 19.0 Å². The normalized spacial score (nSPS) is 23.5. The van der Waals surface area contributed by atoms with Crippen molar-refractivity contribution in [2.24, 2.45) is 11.8 Å². The molecule has 2 N–H and O–H groups in total. The molecule has 2 aromatic rings. The van der Waals surface area contributed by atoms with Crippen LogP contribution in [0.15, 0.2) is 52.1 Å². The highest BCUT2D eigenvalue weighted by Gasteiger charge is 2.29. The van der Waals surface area contributed by atoms with E-state index in [9.17, 15) is 9.59 Å². The van der Waals surface area contributed by atoms with E-state index >= 15 is 0 Å². The lowest BCUT2D eigenvalue weighted by atomic mass is 9.72. The van der Waals surface area contributed by atoms with E-state index in [4.69, 9.17) is 0 Å². The highest BCUT2D eigenvalue weighted by Crippen LogP contribution is 2.40. The summed E-state index contributed by atoms with van der Waals surface area (Å²) in [6, 6.07) is 5.83. The monoisotopic (exact) mass is 406 g/mol. The van der Waals surface area contributed by atoms with Crippen LogP contribution in [0, 0.1) is 11.8 Å². The van der Waals surface area contributed by atoms with Gasteiger partial charge in [0.2, 0.25) is 0 Å². The number of aromatic nitrogens is 3. The fourth-order valence-corrected chi connectivity index (χ4v) is 4.83. The van der Waals surface area contributed by atoms with E-state index < -0.39 is 5.69 Å². The van der Waals surface area contributed by atoms with Gasteiger partial charge in [-0.2, -0.15) is 0 Å². The Kier molecular flexibility index (Phi) is 6.02. The molecule has 0 aromatic carbocycles. The Morgan fingerprint density at radius 3 is 2.57 bits per heavy atom. The Hall–Kier alpha value is -2.89. The molecule has 2 heterocycles. The van der Waals surface area contributed by atoms with Gasteiger partial charge in [-0.3, -0.25) is 9.78 Å². The van der Waals surface area contributed by atoms with Gasteiger partial charge >= 0.3 is 5.69 Å². The third kappa shape index (κ3) is 4.48. The number of nitrogens with zero attached hydrogens (tertiary/aromatic N) is 2. The average Bonchev–Trinajstić information content (AvgIpc) is 2.76. The molecule has 6 heteroatoms. The standard InChI is InChI=1S/C24H30N4O2/c1-28(2)21-10-6-9-19(25-21)15-20-22(26-24(30)27-23(20)29)18-13-11-17(12-14-18)16-7-4-3-5-8-16/h3-7,9-10,16-18H,8,11-15H2,1-2H3,(H2,26,27,29,30)/t16?,17-,18-. The van der Waals surface area contributed by atoms with Crippen molar-refractivity contribution < 1.29 is 0 Å². The van der Waals surface area contributed by atoms with Gasteiger partial charge in [0.25, 0.3) is 5.56 Å². The smallest absolute Gasteiger partial charge is 0.325 e. The molecular weight excluding hydrogens is 376 g/mol. The number of hydrogen-bond donors (Lipinski definition) is 2. The van der Waals surface area contributed by atoms with E-state index in [1.54, 1.807) is 0 Å². The lowest BCUT2D eigenvalue weighted by molar-refractivity contribution is 0.262. The van der Waals surface area contributed by atoms with Gasteiger partial charge in [-0.1, -0.05) is 30.4 Å². The molecule has 6 nitrogen and oxygen atoms in total. The van der Waals surface area contributed by atoms with E-state index in [1.807, 2.05) is 37.2 Å². The van der Waals surface area contributed by atoms with Gasteiger partial charge in [0.1, 0.15) is 5.82 Å². The Balaban J connectivity index is 1.56. The summed E-state index contributed by atoms with van der Waals surface area (Å²) in [6.07, 6.45) is 14.6. The minimum absolute atomic E-state index is 0.214. The first-order valence-corrected chi connectivity index (χ1v) is 10.8. The maximum atomic E-state index is 12.7. The molecule has 0 bridgehead atoms. The zero-order valence-electron chi connectivity index (χ0n) is 17.7. The molecule has 1 fully saturated rings. The Morgan fingerprint density at radius 2 is 1.87 bits per heavy atom.